The molecule has 1 aliphatic rings. The monoisotopic (exact) mass is 391 g/mol. The summed E-state index contributed by atoms with van der Waals surface area (Å²) >= 11 is 1.40. The second-order valence-electron chi connectivity index (χ2n) is 6.80. The van der Waals surface area contributed by atoms with Crippen LogP contribution in [0.3, 0.4) is 0 Å². The van der Waals surface area contributed by atoms with Gasteiger partial charge in [0.2, 0.25) is 0 Å². The van der Waals surface area contributed by atoms with Crippen LogP contribution >= 0.6 is 11.3 Å². The average molecular weight is 391 g/mol. The van der Waals surface area contributed by atoms with Gasteiger partial charge in [-0.2, -0.15) is 5.10 Å². The van der Waals surface area contributed by atoms with Crippen LogP contribution in [0.4, 0.5) is 0 Å². The van der Waals surface area contributed by atoms with Crippen molar-refractivity contribution < 1.29 is 14.3 Å². The van der Waals surface area contributed by atoms with Crippen LogP contribution in [-0.4, -0.2) is 51.9 Å². The lowest BCUT2D eigenvalue weighted by Crippen LogP contribution is -2.58. The number of nitrogens with zero attached hydrogens (tertiary/aromatic N) is 3. The van der Waals surface area contributed by atoms with Crippen molar-refractivity contribution in [1.29, 1.82) is 0 Å². The van der Waals surface area contributed by atoms with Gasteiger partial charge in [-0.1, -0.05) is 6.92 Å². The molecule has 9 heteroatoms. The summed E-state index contributed by atoms with van der Waals surface area (Å²) in [5.74, 6) is -0.357. The van der Waals surface area contributed by atoms with Gasteiger partial charge in [-0.25, -0.2) is 4.98 Å². The predicted octanol–water partition coefficient (Wildman–Crippen LogP) is 1.46. The number of aryl methyl sites for hydroxylation is 3. The summed E-state index contributed by atoms with van der Waals surface area (Å²) < 4.78 is 7.03. The van der Waals surface area contributed by atoms with Crippen molar-refractivity contribution in [3.8, 4) is 0 Å². The number of ether oxygens (including phenoxy) is 1. The summed E-state index contributed by atoms with van der Waals surface area (Å²) in [4.78, 5) is 30.1. The molecule has 0 atom stereocenters. The number of aromatic nitrogens is 3. The van der Waals surface area contributed by atoms with Crippen LogP contribution in [0.25, 0.3) is 0 Å². The van der Waals surface area contributed by atoms with Gasteiger partial charge in [-0.05, 0) is 32.3 Å². The van der Waals surface area contributed by atoms with Gasteiger partial charge in [-0.15, -0.1) is 11.3 Å². The lowest BCUT2D eigenvalue weighted by atomic mass is 9.89. The van der Waals surface area contributed by atoms with E-state index in [0.29, 0.717) is 43.2 Å². The Bertz CT molecular complexity index is 823. The van der Waals surface area contributed by atoms with E-state index in [1.807, 2.05) is 13.8 Å². The molecule has 0 unspecified atom stereocenters. The number of thiazole rings is 1. The second kappa shape index (κ2) is 8.18. The highest BCUT2D eigenvalue weighted by atomic mass is 32.1. The van der Waals surface area contributed by atoms with Gasteiger partial charge in [0.05, 0.1) is 22.4 Å². The summed E-state index contributed by atoms with van der Waals surface area (Å²) in [6.07, 6.45) is 3.68. The van der Waals surface area contributed by atoms with Crippen molar-refractivity contribution in [2.45, 2.75) is 38.6 Å². The molecule has 1 aliphatic heterocycles. The van der Waals surface area contributed by atoms with Gasteiger partial charge in [0.15, 0.2) is 0 Å². The SMILES string of the molecule is CCc1ncc(C(=O)NCC2(NC(=O)c3cc(C)nn3C)CCOCC2)s1. The van der Waals surface area contributed by atoms with Gasteiger partial charge >= 0.3 is 0 Å². The third-order valence-electron chi connectivity index (χ3n) is 4.73. The van der Waals surface area contributed by atoms with E-state index in [-0.39, 0.29) is 11.8 Å². The van der Waals surface area contributed by atoms with Crippen molar-refractivity contribution in [2.24, 2.45) is 7.05 Å². The third kappa shape index (κ3) is 4.54. The molecule has 2 N–H and O–H groups in total. The smallest absolute Gasteiger partial charge is 0.270 e. The molecule has 8 nitrogen and oxygen atoms in total. The molecule has 0 spiro atoms. The minimum atomic E-state index is -0.540. The Balaban J connectivity index is 1.69. The molecular weight excluding hydrogens is 366 g/mol. The molecular formula is C18H25N5O3S. The Morgan fingerprint density at radius 2 is 2.07 bits per heavy atom. The van der Waals surface area contributed by atoms with E-state index in [9.17, 15) is 9.59 Å². The van der Waals surface area contributed by atoms with Crippen LogP contribution < -0.4 is 10.6 Å². The zero-order chi connectivity index (χ0) is 19.4. The van der Waals surface area contributed by atoms with E-state index in [1.165, 1.54) is 11.3 Å². The Kier molecular flexibility index (Phi) is 5.91. The third-order valence-corrected chi connectivity index (χ3v) is 5.87. The number of nitrogens with one attached hydrogen (secondary N) is 2. The average Bonchev–Trinajstić information content (AvgIpc) is 3.26. The molecule has 0 saturated carbocycles. The van der Waals surface area contributed by atoms with Crippen LogP contribution in [0.5, 0.6) is 0 Å². The number of carbonyl (C=O) groups excluding carboxylic acids is 2. The van der Waals surface area contributed by atoms with Crippen molar-refractivity contribution in [3.63, 3.8) is 0 Å². The highest BCUT2D eigenvalue weighted by Gasteiger charge is 2.35. The van der Waals surface area contributed by atoms with Crippen molar-refractivity contribution in [1.82, 2.24) is 25.4 Å². The van der Waals surface area contributed by atoms with E-state index in [4.69, 9.17) is 4.74 Å². The second-order valence-corrected chi connectivity index (χ2v) is 7.91. The Morgan fingerprint density at radius 1 is 1.33 bits per heavy atom. The van der Waals surface area contributed by atoms with E-state index in [1.54, 1.807) is 24.0 Å². The topological polar surface area (TPSA) is 98.1 Å². The first-order chi connectivity index (χ1) is 12.9. The molecule has 0 aliphatic carbocycles. The largest absolute Gasteiger partial charge is 0.381 e. The van der Waals surface area contributed by atoms with Crippen LogP contribution in [0.2, 0.25) is 0 Å². The number of hydrogen-bond acceptors (Lipinski definition) is 6. The number of hydrogen-bond donors (Lipinski definition) is 2. The van der Waals surface area contributed by atoms with E-state index in [0.717, 1.165) is 17.1 Å². The standard InChI is InChI=1S/C18H25N5O3S/c1-4-15-19-10-14(27-15)17(25)20-11-18(5-7-26-8-6-18)21-16(24)13-9-12(2)22-23(13)3/h9-10H,4-8,11H2,1-3H3,(H,20,25)(H,21,24). The highest BCUT2D eigenvalue weighted by Crippen LogP contribution is 2.22. The van der Waals surface area contributed by atoms with Gasteiger partial charge in [0, 0.05) is 26.8 Å². The number of carbonyl (C=O) groups is 2. The van der Waals surface area contributed by atoms with Gasteiger partial charge in [0.1, 0.15) is 10.6 Å². The molecule has 0 aromatic carbocycles. The molecule has 2 aromatic rings. The van der Waals surface area contributed by atoms with Crippen molar-refractivity contribution >= 4 is 23.2 Å². The van der Waals surface area contributed by atoms with Gasteiger partial charge in [0.25, 0.3) is 11.8 Å². The summed E-state index contributed by atoms with van der Waals surface area (Å²) in [5.41, 5.74) is 0.746. The van der Waals surface area contributed by atoms with E-state index < -0.39 is 5.54 Å². The number of rotatable bonds is 6. The minimum Gasteiger partial charge on any atom is -0.381 e. The lowest BCUT2D eigenvalue weighted by molar-refractivity contribution is 0.0350. The number of amides is 2. The summed E-state index contributed by atoms with van der Waals surface area (Å²) in [5, 5.41) is 11.2. The van der Waals surface area contributed by atoms with Gasteiger partial charge < -0.3 is 15.4 Å². The fourth-order valence-electron chi connectivity index (χ4n) is 3.15. The Hall–Kier alpha value is -2.26. The minimum absolute atomic E-state index is 0.163. The maximum absolute atomic E-state index is 12.8. The fourth-order valence-corrected chi connectivity index (χ4v) is 3.93. The molecule has 27 heavy (non-hydrogen) atoms. The first kappa shape index (κ1) is 19.5. The van der Waals surface area contributed by atoms with Crippen LogP contribution in [-0.2, 0) is 18.2 Å². The molecule has 2 aromatic heterocycles. The van der Waals surface area contributed by atoms with E-state index in [2.05, 4.69) is 20.7 Å². The van der Waals surface area contributed by atoms with Crippen molar-refractivity contribution in [2.75, 3.05) is 19.8 Å². The van der Waals surface area contributed by atoms with E-state index >= 15 is 0 Å². The lowest BCUT2D eigenvalue weighted by Gasteiger charge is -2.38. The van der Waals surface area contributed by atoms with Gasteiger partial charge in [-0.3, -0.25) is 14.3 Å². The molecule has 3 rings (SSSR count). The van der Waals surface area contributed by atoms with Crippen LogP contribution in [0, 0.1) is 6.92 Å². The molecule has 1 fully saturated rings. The zero-order valence-corrected chi connectivity index (χ0v) is 16.7. The Morgan fingerprint density at radius 3 is 2.67 bits per heavy atom. The van der Waals surface area contributed by atoms with Crippen LogP contribution in [0.15, 0.2) is 12.3 Å². The van der Waals surface area contributed by atoms with Crippen LogP contribution in [0.1, 0.15) is 50.6 Å². The molecule has 0 radical (unpaired) electrons. The summed E-state index contributed by atoms with van der Waals surface area (Å²) in [7, 11) is 1.75. The fraction of sp³-hybridized carbons (Fsp3) is 0.556. The normalized spacial score (nSPS) is 16.1. The van der Waals surface area contributed by atoms with Crippen molar-refractivity contribution in [3.05, 3.63) is 33.5 Å². The molecule has 0 bridgehead atoms. The quantitative estimate of drug-likeness (QED) is 0.777. The molecule has 3 heterocycles. The highest BCUT2D eigenvalue weighted by molar-refractivity contribution is 7.13. The Labute approximate surface area is 162 Å². The zero-order valence-electron chi connectivity index (χ0n) is 15.9. The maximum atomic E-state index is 12.8. The predicted molar refractivity (Wildman–Crippen MR) is 102 cm³/mol. The maximum Gasteiger partial charge on any atom is 0.270 e. The molecule has 2 amide bonds. The molecule has 1 saturated heterocycles. The summed E-state index contributed by atoms with van der Waals surface area (Å²) in [6, 6.07) is 1.75. The molecule has 146 valence electrons. The first-order valence-corrected chi connectivity index (χ1v) is 9.88. The first-order valence-electron chi connectivity index (χ1n) is 9.06. The summed E-state index contributed by atoms with van der Waals surface area (Å²) in [6.45, 7) is 5.29.